The summed E-state index contributed by atoms with van der Waals surface area (Å²) < 4.78 is 0. The lowest BCUT2D eigenvalue weighted by molar-refractivity contribution is -0.121. The summed E-state index contributed by atoms with van der Waals surface area (Å²) in [5, 5.41) is 9.24. The molecule has 1 heterocycles. The molecule has 0 radical (unpaired) electrons. The third-order valence-electron chi connectivity index (χ3n) is 2.92. The molecule has 0 saturated carbocycles. The van der Waals surface area contributed by atoms with Crippen LogP contribution in [0.15, 0.2) is 6.33 Å². The van der Waals surface area contributed by atoms with Crippen molar-refractivity contribution < 1.29 is 4.79 Å². The maximum atomic E-state index is 11.8. The first-order valence-corrected chi connectivity index (χ1v) is 7.19. The molecule has 1 aromatic heterocycles. The lowest BCUT2D eigenvalue weighted by Crippen LogP contribution is -2.38. The van der Waals surface area contributed by atoms with Crippen LogP contribution >= 0.6 is 0 Å². The Balaban J connectivity index is 2.69. The van der Waals surface area contributed by atoms with E-state index in [0.29, 0.717) is 12.4 Å². The van der Waals surface area contributed by atoms with Gasteiger partial charge >= 0.3 is 0 Å². The Kier molecular flexibility index (Phi) is 6.76. The third kappa shape index (κ3) is 4.68. The van der Waals surface area contributed by atoms with Crippen LogP contribution in [0, 0.1) is 6.92 Å². The molecule has 6 nitrogen and oxygen atoms in total. The van der Waals surface area contributed by atoms with E-state index in [4.69, 9.17) is 0 Å². The van der Waals surface area contributed by atoms with Gasteiger partial charge in [0.1, 0.15) is 24.0 Å². The highest BCUT2D eigenvalue weighted by Crippen LogP contribution is 2.18. The molecule has 1 atom stereocenters. The molecule has 0 aliphatic carbocycles. The first-order valence-electron chi connectivity index (χ1n) is 7.19. The zero-order valence-corrected chi connectivity index (χ0v) is 12.8. The molecule has 0 fully saturated rings. The zero-order valence-electron chi connectivity index (χ0n) is 12.8. The summed E-state index contributed by atoms with van der Waals surface area (Å²) in [5.41, 5.74) is 0.927. The van der Waals surface area contributed by atoms with Crippen molar-refractivity contribution >= 4 is 17.5 Å². The molecule has 0 aliphatic rings. The van der Waals surface area contributed by atoms with E-state index in [1.54, 1.807) is 0 Å². The van der Waals surface area contributed by atoms with E-state index in [9.17, 15) is 4.79 Å². The van der Waals surface area contributed by atoms with E-state index in [1.807, 2.05) is 20.8 Å². The van der Waals surface area contributed by atoms with E-state index >= 15 is 0 Å². The Morgan fingerprint density at radius 1 is 1.20 bits per heavy atom. The number of rotatable bonds is 8. The van der Waals surface area contributed by atoms with Gasteiger partial charge in [-0.05, 0) is 26.7 Å². The zero-order chi connectivity index (χ0) is 15.0. The van der Waals surface area contributed by atoms with Crippen molar-refractivity contribution in [3.05, 3.63) is 11.9 Å². The maximum absolute atomic E-state index is 11.8. The van der Waals surface area contributed by atoms with Crippen molar-refractivity contribution in [1.29, 1.82) is 0 Å². The molecule has 6 heteroatoms. The predicted octanol–water partition coefficient (Wildman–Crippen LogP) is 1.93. The van der Waals surface area contributed by atoms with Crippen LogP contribution in [-0.4, -0.2) is 35.0 Å². The molecular weight excluding hydrogens is 254 g/mol. The summed E-state index contributed by atoms with van der Waals surface area (Å²) in [7, 11) is 0. The van der Waals surface area contributed by atoms with Crippen molar-refractivity contribution in [3.63, 3.8) is 0 Å². The summed E-state index contributed by atoms with van der Waals surface area (Å²) >= 11 is 0. The summed E-state index contributed by atoms with van der Waals surface area (Å²) in [6, 6.07) is -0.325. The molecule has 20 heavy (non-hydrogen) atoms. The van der Waals surface area contributed by atoms with Crippen LogP contribution in [-0.2, 0) is 4.79 Å². The van der Waals surface area contributed by atoms with Crippen LogP contribution < -0.4 is 16.0 Å². The van der Waals surface area contributed by atoms with E-state index in [0.717, 1.165) is 30.8 Å². The van der Waals surface area contributed by atoms with Crippen molar-refractivity contribution in [1.82, 2.24) is 15.3 Å². The molecule has 0 saturated heterocycles. The second-order valence-electron chi connectivity index (χ2n) is 4.78. The maximum Gasteiger partial charge on any atom is 0.242 e. The van der Waals surface area contributed by atoms with Crippen LogP contribution in [0.25, 0.3) is 0 Å². The van der Waals surface area contributed by atoms with Crippen molar-refractivity contribution in [2.24, 2.45) is 0 Å². The number of hydrogen-bond donors (Lipinski definition) is 3. The second kappa shape index (κ2) is 8.35. The van der Waals surface area contributed by atoms with E-state index < -0.39 is 0 Å². The standard InChI is InChI=1S/C14H25N5O/c1-5-7-15-12-10(3)13(18-9-17-12)19-11(4)14(20)16-8-6-2/h9,11H,5-8H2,1-4H3,(H,16,20)(H2,15,17,18,19). The van der Waals surface area contributed by atoms with E-state index in [1.165, 1.54) is 6.33 Å². The molecule has 112 valence electrons. The molecular formula is C14H25N5O. The predicted molar refractivity (Wildman–Crippen MR) is 81.9 cm³/mol. The average Bonchev–Trinajstić information content (AvgIpc) is 2.45. The minimum Gasteiger partial charge on any atom is -0.370 e. The topological polar surface area (TPSA) is 78.9 Å². The summed E-state index contributed by atoms with van der Waals surface area (Å²) in [4.78, 5) is 20.3. The van der Waals surface area contributed by atoms with Crippen LogP contribution in [0.5, 0.6) is 0 Å². The largest absolute Gasteiger partial charge is 0.370 e. The highest BCUT2D eigenvalue weighted by molar-refractivity contribution is 5.84. The number of hydrogen-bond acceptors (Lipinski definition) is 5. The van der Waals surface area contributed by atoms with Gasteiger partial charge in [-0.1, -0.05) is 13.8 Å². The molecule has 0 spiro atoms. The first kappa shape index (κ1) is 16.2. The third-order valence-corrected chi connectivity index (χ3v) is 2.92. The monoisotopic (exact) mass is 279 g/mol. The van der Waals surface area contributed by atoms with E-state index in [-0.39, 0.29) is 11.9 Å². The molecule has 0 bridgehead atoms. The first-order chi connectivity index (χ1) is 9.60. The Morgan fingerprint density at radius 3 is 2.50 bits per heavy atom. The van der Waals surface area contributed by atoms with Gasteiger partial charge in [-0.25, -0.2) is 9.97 Å². The van der Waals surface area contributed by atoms with Crippen molar-refractivity contribution in [3.8, 4) is 0 Å². The molecule has 1 rings (SSSR count). The number of carbonyl (C=O) groups excluding carboxylic acids is 1. The van der Waals surface area contributed by atoms with E-state index in [2.05, 4.69) is 32.8 Å². The lowest BCUT2D eigenvalue weighted by Gasteiger charge is -2.17. The van der Waals surface area contributed by atoms with Gasteiger partial charge in [-0.3, -0.25) is 4.79 Å². The van der Waals surface area contributed by atoms with Gasteiger partial charge in [-0.15, -0.1) is 0 Å². The van der Waals surface area contributed by atoms with Gasteiger partial charge in [0.05, 0.1) is 0 Å². The Hall–Kier alpha value is -1.85. The fraction of sp³-hybridized carbons (Fsp3) is 0.643. The number of amides is 1. The number of aromatic nitrogens is 2. The van der Waals surface area contributed by atoms with Gasteiger partial charge < -0.3 is 16.0 Å². The van der Waals surface area contributed by atoms with Crippen LogP contribution in [0.4, 0.5) is 11.6 Å². The smallest absolute Gasteiger partial charge is 0.242 e. The lowest BCUT2D eigenvalue weighted by atomic mass is 10.2. The molecule has 3 N–H and O–H groups in total. The normalized spacial score (nSPS) is 11.8. The fourth-order valence-electron chi connectivity index (χ4n) is 1.69. The van der Waals surface area contributed by atoms with Gasteiger partial charge in [-0.2, -0.15) is 0 Å². The van der Waals surface area contributed by atoms with Gasteiger partial charge in [0.2, 0.25) is 5.91 Å². The number of anilines is 2. The van der Waals surface area contributed by atoms with Crippen LogP contribution in [0.2, 0.25) is 0 Å². The van der Waals surface area contributed by atoms with Gasteiger partial charge in [0.15, 0.2) is 0 Å². The quantitative estimate of drug-likeness (QED) is 0.677. The highest BCUT2D eigenvalue weighted by Gasteiger charge is 2.14. The van der Waals surface area contributed by atoms with Crippen molar-refractivity contribution in [2.75, 3.05) is 23.7 Å². The molecule has 0 aliphatic heterocycles. The minimum atomic E-state index is -0.325. The molecule has 1 unspecified atom stereocenters. The number of nitrogens with one attached hydrogen (secondary N) is 3. The Morgan fingerprint density at radius 2 is 1.85 bits per heavy atom. The molecule has 1 amide bonds. The van der Waals surface area contributed by atoms with Crippen LogP contribution in [0.3, 0.4) is 0 Å². The SMILES string of the molecule is CCCNC(=O)C(C)Nc1ncnc(NCCC)c1C. The van der Waals surface area contributed by atoms with Gasteiger partial charge in [0.25, 0.3) is 0 Å². The second-order valence-corrected chi connectivity index (χ2v) is 4.78. The van der Waals surface area contributed by atoms with Gasteiger partial charge in [0, 0.05) is 18.7 Å². The minimum absolute atomic E-state index is 0.0204. The summed E-state index contributed by atoms with van der Waals surface area (Å²) in [5.74, 6) is 1.48. The van der Waals surface area contributed by atoms with Crippen LogP contribution in [0.1, 0.15) is 39.2 Å². The molecule has 0 aromatic carbocycles. The highest BCUT2D eigenvalue weighted by atomic mass is 16.2. The number of carbonyl (C=O) groups is 1. The Bertz CT molecular complexity index is 436. The summed E-state index contributed by atoms with van der Waals surface area (Å²) in [6.07, 6.45) is 3.46. The molecule has 1 aromatic rings. The summed E-state index contributed by atoms with van der Waals surface area (Å²) in [6.45, 7) is 9.45. The number of nitrogens with zero attached hydrogens (tertiary/aromatic N) is 2. The Labute approximate surface area is 120 Å². The fourth-order valence-corrected chi connectivity index (χ4v) is 1.69. The van der Waals surface area contributed by atoms with Crippen molar-refractivity contribution in [2.45, 2.75) is 46.6 Å². The average molecular weight is 279 g/mol.